The molecule has 4 nitrogen and oxygen atoms in total. The van der Waals surface area contributed by atoms with Crippen molar-refractivity contribution in [3.05, 3.63) is 67.2 Å². The fraction of sp³-hybridized carbons (Fsp3) is 0.0588. The summed E-state index contributed by atoms with van der Waals surface area (Å²) in [6.07, 6.45) is 1.42. The van der Waals surface area contributed by atoms with Gasteiger partial charge in [0.25, 0.3) is 11.1 Å². The molecule has 0 spiro atoms. The predicted molar refractivity (Wildman–Crippen MR) is 101 cm³/mol. The number of rotatable bonds is 3. The van der Waals surface area contributed by atoms with Crippen molar-refractivity contribution in [1.82, 2.24) is 4.90 Å². The zero-order valence-corrected chi connectivity index (χ0v) is 15.9. The highest BCUT2D eigenvalue weighted by Gasteiger charge is 2.36. The fourth-order valence-electron chi connectivity index (χ4n) is 2.30. The minimum atomic E-state index is -0.599. The van der Waals surface area contributed by atoms with Gasteiger partial charge in [0.15, 0.2) is 5.75 Å². The van der Waals surface area contributed by atoms with Gasteiger partial charge in [0, 0.05) is 10.6 Å². The molecule has 1 aliphatic rings. The zero-order valence-electron chi connectivity index (χ0n) is 12.8. The SMILES string of the molecule is O=C1S/C(=C/c2cc(Cl)c(O)c(Cl)c2)C(=O)N1Cc1c(F)cccc1Cl. The van der Waals surface area contributed by atoms with E-state index in [9.17, 15) is 19.1 Å². The van der Waals surface area contributed by atoms with Crippen LogP contribution >= 0.6 is 46.6 Å². The van der Waals surface area contributed by atoms with Gasteiger partial charge in [0.2, 0.25) is 0 Å². The van der Waals surface area contributed by atoms with Gasteiger partial charge in [-0.05, 0) is 47.7 Å². The van der Waals surface area contributed by atoms with Crippen molar-refractivity contribution in [2.75, 3.05) is 0 Å². The summed E-state index contributed by atoms with van der Waals surface area (Å²) in [5, 5.41) is 9.19. The Balaban J connectivity index is 1.90. The van der Waals surface area contributed by atoms with Crippen LogP contribution in [-0.4, -0.2) is 21.2 Å². The Morgan fingerprint density at radius 3 is 2.38 bits per heavy atom. The first-order valence-corrected chi connectivity index (χ1v) is 9.09. The Hall–Kier alpha value is -1.73. The minimum absolute atomic E-state index is 0.0149. The number of phenols is 1. The lowest BCUT2D eigenvalue weighted by Gasteiger charge is -2.14. The Morgan fingerprint density at radius 1 is 1.12 bits per heavy atom. The Kier molecular flexibility index (Phi) is 5.48. The summed E-state index contributed by atoms with van der Waals surface area (Å²) >= 11 is 18.4. The Labute approximate surface area is 167 Å². The molecule has 1 saturated heterocycles. The highest BCUT2D eigenvalue weighted by Crippen LogP contribution is 2.37. The van der Waals surface area contributed by atoms with E-state index in [4.69, 9.17) is 34.8 Å². The monoisotopic (exact) mass is 431 g/mol. The van der Waals surface area contributed by atoms with Crippen molar-refractivity contribution >= 4 is 63.8 Å². The van der Waals surface area contributed by atoms with Gasteiger partial charge in [-0.15, -0.1) is 0 Å². The Morgan fingerprint density at radius 2 is 1.77 bits per heavy atom. The van der Waals surface area contributed by atoms with Gasteiger partial charge in [-0.2, -0.15) is 0 Å². The number of nitrogens with zero attached hydrogens (tertiary/aromatic N) is 1. The number of aromatic hydroxyl groups is 1. The molecule has 0 radical (unpaired) electrons. The second-order valence-corrected chi connectivity index (χ2v) is 7.52. The molecule has 1 heterocycles. The molecular formula is C17H9Cl3FNO3S. The van der Waals surface area contributed by atoms with Crippen LogP contribution in [0.4, 0.5) is 9.18 Å². The number of halogens is 4. The van der Waals surface area contributed by atoms with Crippen molar-refractivity contribution in [2.24, 2.45) is 0 Å². The number of carbonyl (C=O) groups is 2. The summed E-state index contributed by atoms with van der Waals surface area (Å²) in [7, 11) is 0. The first kappa shape index (κ1) is 19.0. The molecule has 1 fully saturated rings. The van der Waals surface area contributed by atoms with Gasteiger partial charge in [0.1, 0.15) is 5.82 Å². The molecule has 2 amide bonds. The van der Waals surface area contributed by atoms with E-state index < -0.39 is 17.0 Å². The molecule has 2 aromatic rings. The maximum atomic E-state index is 13.9. The molecule has 134 valence electrons. The van der Waals surface area contributed by atoms with E-state index in [1.165, 1.54) is 36.4 Å². The number of hydrogen-bond donors (Lipinski definition) is 1. The third kappa shape index (κ3) is 3.69. The molecule has 2 aromatic carbocycles. The lowest BCUT2D eigenvalue weighted by atomic mass is 10.2. The average molecular weight is 433 g/mol. The molecule has 3 rings (SSSR count). The third-order valence-electron chi connectivity index (χ3n) is 3.59. The predicted octanol–water partition coefficient (Wildman–Crippen LogP) is 5.73. The smallest absolute Gasteiger partial charge is 0.293 e. The zero-order chi connectivity index (χ0) is 19.0. The van der Waals surface area contributed by atoms with Gasteiger partial charge >= 0.3 is 0 Å². The number of amides is 2. The van der Waals surface area contributed by atoms with Gasteiger partial charge in [-0.3, -0.25) is 14.5 Å². The lowest BCUT2D eigenvalue weighted by molar-refractivity contribution is -0.123. The van der Waals surface area contributed by atoms with Gasteiger partial charge in [-0.25, -0.2) is 4.39 Å². The first-order chi connectivity index (χ1) is 12.3. The van der Waals surface area contributed by atoms with Gasteiger partial charge < -0.3 is 5.11 Å². The van der Waals surface area contributed by atoms with Crippen molar-refractivity contribution in [1.29, 1.82) is 0 Å². The highest BCUT2D eigenvalue weighted by atomic mass is 35.5. The normalized spacial score (nSPS) is 16.0. The third-order valence-corrected chi connectivity index (χ3v) is 5.43. The van der Waals surface area contributed by atoms with Crippen molar-refractivity contribution in [2.45, 2.75) is 6.54 Å². The first-order valence-electron chi connectivity index (χ1n) is 7.14. The number of benzene rings is 2. The van der Waals surface area contributed by atoms with E-state index in [0.29, 0.717) is 17.3 Å². The molecule has 0 unspecified atom stereocenters. The standard InChI is InChI=1S/C17H9Cl3FNO3S/c18-10-2-1-3-13(21)9(10)7-22-16(24)14(26-17(22)25)6-8-4-11(19)15(23)12(20)5-8/h1-6,23H,7H2/b14-6+. The molecule has 0 aliphatic carbocycles. The van der Waals surface area contributed by atoms with Crippen LogP contribution in [0, 0.1) is 5.82 Å². The number of hydrogen-bond acceptors (Lipinski definition) is 4. The van der Waals surface area contributed by atoms with Crippen LogP contribution in [0.25, 0.3) is 6.08 Å². The molecule has 9 heteroatoms. The summed E-state index contributed by atoms with van der Waals surface area (Å²) < 4.78 is 13.9. The summed E-state index contributed by atoms with van der Waals surface area (Å²) in [5.74, 6) is -1.45. The topological polar surface area (TPSA) is 57.6 Å². The van der Waals surface area contributed by atoms with Crippen LogP contribution in [0.3, 0.4) is 0 Å². The lowest BCUT2D eigenvalue weighted by Crippen LogP contribution is -2.28. The summed E-state index contributed by atoms with van der Waals surface area (Å²) in [6, 6.07) is 6.94. The highest BCUT2D eigenvalue weighted by molar-refractivity contribution is 8.18. The van der Waals surface area contributed by atoms with E-state index in [1.54, 1.807) is 0 Å². The second kappa shape index (κ2) is 7.48. The van der Waals surface area contributed by atoms with Crippen LogP contribution in [0.1, 0.15) is 11.1 Å². The number of phenolic OH excluding ortho intramolecular Hbond substituents is 1. The molecule has 26 heavy (non-hydrogen) atoms. The molecule has 1 aliphatic heterocycles. The van der Waals surface area contributed by atoms with Crippen LogP contribution in [-0.2, 0) is 11.3 Å². The molecule has 0 bridgehead atoms. The number of imide groups is 1. The number of carbonyl (C=O) groups excluding carboxylic acids is 2. The van der Waals surface area contributed by atoms with Gasteiger partial charge in [0.05, 0.1) is 21.5 Å². The van der Waals surface area contributed by atoms with Crippen LogP contribution < -0.4 is 0 Å². The van der Waals surface area contributed by atoms with Crippen LogP contribution in [0.2, 0.25) is 15.1 Å². The molecule has 0 atom stereocenters. The summed E-state index contributed by atoms with van der Waals surface area (Å²) in [5.41, 5.74) is 0.501. The van der Waals surface area contributed by atoms with E-state index in [2.05, 4.69) is 0 Å². The van der Waals surface area contributed by atoms with Crippen molar-refractivity contribution < 1.29 is 19.1 Å². The number of thioether (sulfide) groups is 1. The molecular weight excluding hydrogens is 424 g/mol. The molecule has 0 aromatic heterocycles. The van der Waals surface area contributed by atoms with Crippen molar-refractivity contribution in [3.8, 4) is 5.75 Å². The van der Waals surface area contributed by atoms with E-state index in [-0.39, 0.29) is 37.8 Å². The van der Waals surface area contributed by atoms with Crippen molar-refractivity contribution in [3.63, 3.8) is 0 Å². The second-order valence-electron chi connectivity index (χ2n) is 5.30. The fourth-order valence-corrected chi connectivity index (χ4v) is 3.86. The Bertz CT molecular complexity index is 921. The van der Waals surface area contributed by atoms with Gasteiger partial charge in [-0.1, -0.05) is 40.9 Å². The van der Waals surface area contributed by atoms with Crippen LogP contribution in [0.5, 0.6) is 5.75 Å². The minimum Gasteiger partial charge on any atom is -0.505 e. The largest absolute Gasteiger partial charge is 0.505 e. The maximum Gasteiger partial charge on any atom is 0.293 e. The van der Waals surface area contributed by atoms with E-state index in [1.807, 2.05) is 0 Å². The molecule has 1 N–H and O–H groups in total. The van der Waals surface area contributed by atoms with E-state index in [0.717, 1.165) is 4.90 Å². The van der Waals surface area contributed by atoms with Crippen LogP contribution in [0.15, 0.2) is 35.2 Å². The average Bonchev–Trinajstić information content (AvgIpc) is 2.83. The maximum absolute atomic E-state index is 13.9. The summed E-state index contributed by atoms with van der Waals surface area (Å²) in [4.78, 5) is 25.7. The van der Waals surface area contributed by atoms with E-state index >= 15 is 0 Å². The summed E-state index contributed by atoms with van der Waals surface area (Å²) in [6.45, 7) is -0.273. The molecule has 0 saturated carbocycles. The quantitative estimate of drug-likeness (QED) is 0.629.